The Balaban J connectivity index is 4.38. The summed E-state index contributed by atoms with van der Waals surface area (Å²) >= 11 is 0. The van der Waals surface area contributed by atoms with Crippen LogP contribution in [0.15, 0.2) is 12.2 Å². The van der Waals surface area contributed by atoms with E-state index in [0.29, 0.717) is 18.8 Å². The molecule has 0 saturated carbocycles. The van der Waals surface area contributed by atoms with Crippen molar-refractivity contribution in [3.8, 4) is 0 Å². The Morgan fingerprint density at radius 2 is 1.23 bits per heavy atom. The molecule has 0 saturated heterocycles. The van der Waals surface area contributed by atoms with E-state index >= 15 is 0 Å². The number of carbonyl (C=O) groups is 1. The third-order valence-electron chi connectivity index (χ3n) is 4.62. The van der Waals surface area contributed by atoms with E-state index in [1.807, 2.05) is 0 Å². The van der Waals surface area contributed by atoms with Crippen LogP contribution in [0.4, 0.5) is 0 Å². The van der Waals surface area contributed by atoms with Gasteiger partial charge in [-0.2, -0.15) is 0 Å². The highest BCUT2D eigenvalue weighted by Crippen LogP contribution is 2.50. The molecule has 0 heterocycles. The summed E-state index contributed by atoms with van der Waals surface area (Å²) in [5, 5.41) is 0. The standard InChI is InChI=1S/C23H45O6P/c1-6-8-10-12-14-16-18-26-30(25,27-19-17-15-13-11-9-7-2)28-20-22(5)29-23(24)21(3)4/h22H,3,6-20H2,1-2,4-5H3. The van der Waals surface area contributed by atoms with E-state index in [2.05, 4.69) is 20.4 Å². The van der Waals surface area contributed by atoms with Crippen LogP contribution in [0.1, 0.15) is 105 Å². The first kappa shape index (κ1) is 29.3. The van der Waals surface area contributed by atoms with E-state index in [1.165, 1.54) is 38.5 Å². The minimum Gasteiger partial charge on any atom is -0.457 e. The molecule has 0 aromatic rings. The average molecular weight is 449 g/mol. The fraction of sp³-hybridized carbons (Fsp3) is 0.870. The van der Waals surface area contributed by atoms with Crippen LogP contribution < -0.4 is 0 Å². The Labute approximate surface area is 184 Å². The van der Waals surface area contributed by atoms with E-state index in [1.54, 1.807) is 13.8 Å². The van der Waals surface area contributed by atoms with Crippen molar-refractivity contribution in [3.05, 3.63) is 12.2 Å². The summed E-state index contributed by atoms with van der Waals surface area (Å²) in [7, 11) is -3.68. The molecule has 0 rings (SSSR count). The number of rotatable bonds is 21. The lowest BCUT2D eigenvalue weighted by Crippen LogP contribution is -2.20. The van der Waals surface area contributed by atoms with Crippen LogP contribution in [0.25, 0.3) is 0 Å². The normalized spacial score (nSPS) is 12.7. The molecule has 0 bridgehead atoms. The van der Waals surface area contributed by atoms with Gasteiger partial charge >= 0.3 is 13.8 Å². The molecule has 0 spiro atoms. The predicted octanol–water partition coefficient (Wildman–Crippen LogP) is 7.37. The van der Waals surface area contributed by atoms with E-state index in [-0.39, 0.29) is 6.61 Å². The summed E-state index contributed by atoms with van der Waals surface area (Å²) in [6.45, 7) is 11.8. The quantitative estimate of drug-likeness (QED) is 0.0790. The largest absolute Gasteiger partial charge is 0.474 e. The number of phosphoric acid groups is 1. The summed E-state index contributed by atoms with van der Waals surface area (Å²) in [5.41, 5.74) is 0.309. The van der Waals surface area contributed by atoms with Crippen molar-refractivity contribution in [1.82, 2.24) is 0 Å². The molecule has 0 aromatic heterocycles. The van der Waals surface area contributed by atoms with Crippen molar-refractivity contribution in [3.63, 3.8) is 0 Å². The number of carbonyl (C=O) groups excluding carboxylic acids is 1. The van der Waals surface area contributed by atoms with Crippen LogP contribution in [0.5, 0.6) is 0 Å². The zero-order valence-corrected chi connectivity index (χ0v) is 20.7. The minimum atomic E-state index is -3.68. The highest BCUT2D eigenvalue weighted by molar-refractivity contribution is 7.48. The summed E-state index contributed by atoms with van der Waals surface area (Å²) in [6.07, 6.45) is 12.7. The molecule has 6 nitrogen and oxygen atoms in total. The van der Waals surface area contributed by atoms with Crippen LogP contribution in [-0.2, 0) is 27.7 Å². The fourth-order valence-corrected chi connectivity index (χ4v) is 4.06. The summed E-state index contributed by atoms with van der Waals surface area (Å²) in [5.74, 6) is -0.498. The molecule has 0 radical (unpaired) electrons. The van der Waals surface area contributed by atoms with E-state index in [0.717, 1.165) is 38.5 Å². The molecule has 0 aliphatic rings. The molecular weight excluding hydrogens is 403 g/mol. The molecule has 0 N–H and O–H groups in total. The van der Waals surface area contributed by atoms with Gasteiger partial charge in [0.1, 0.15) is 6.10 Å². The Morgan fingerprint density at radius 3 is 1.67 bits per heavy atom. The molecule has 0 amide bonds. The maximum absolute atomic E-state index is 13.0. The van der Waals surface area contributed by atoms with Gasteiger partial charge in [-0.1, -0.05) is 84.6 Å². The SMILES string of the molecule is C=C(C)C(=O)OC(C)COP(=O)(OCCCCCCCC)OCCCCCCCC. The van der Waals surface area contributed by atoms with Gasteiger partial charge in [0.15, 0.2) is 0 Å². The van der Waals surface area contributed by atoms with Gasteiger partial charge in [-0.25, -0.2) is 9.36 Å². The van der Waals surface area contributed by atoms with Crippen molar-refractivity contribution in [1.29, 1.82) is 0 Å². The van der Waals surface area contributed by atoms with Gasteiger partial charge in [0.25, 0.3) is 0 Å². The fourth-order valence-electron chi connectivity index (χ4n) is 2.74. The zero-order valence-electron chi connectivity index (χ0n) is 19.8. The number of ether oxygens (including phenoxy) is 1. The number of hydrogen-bond donors (Lipinski definition) is 0. The maximum atomic E-state index is 13.0. The minimum absolute atomic E-state index is 0.0523. The average Bonchev–Trinajstić information content (AvgIpc) is 2.71. The van der Waals surface area contributed by atoms with Gasteiger partial charge in [0, 0.05) is 5.57 Å². The van der Waals surface area contributed by atoms with Gasteiger partial charge in [-0.15, -0.1) is 0 Å². The number of esters is 1. The summed E-state index contributed by atoms with van der Waals surface area (Å²) in [6, 6.07) is 0. The monoisotopic (exact) mass is 448 g/mol. The molecule has 0 aliphatic heterocycles. The molecule has 178 valence electrons. The smallest absolute Gasteiger partial charge is 0.457 e. The van der Waals surface area contributed by atoms with Crippen LogP contribution in [0.3, 0.4) is 0 Å². The Bertz CT molecular complexity index is 472. The van der Waals surface area contributed by atoms with Crippen LogP contribution in [-0.4, -0.2) is 31.9 Å². The highest BCUT2D eigenvalue weighted by Gasteiger charge is 2.28. The van der Waals surface area contributed by atoms with Crippen LogP contribution in [0.2, 0.25) is 0 Å². The predicted molar refractivity (Wildman–Crippen MR) is 123 cm³/mol. The second-order valence-corrected chi connectivity index (χ2v) is 9.61. The van der Waals surface area contributed by atoms with Crippen molar-refractivity contribution >= 4 is 13.8 Å². The van der Waals surface area contributed by atoms with E-state index in [4.69, 9.17) is 18.3 Å². The van der Waals surface area contributed by atoms with Crippen molar-refractivity contribution in [2.45, 2.75) is 111 Å². The number of hydrogen-bond acceptors (Lipinski definition) is 6. The lowest BCUT2D eigenvalue weighted by atomic mass is 10.1. The van der Waals surface area contributed by atoms with Crippen molar-refractivity contribution in [2.75, 3.05) is 19.8 Å². The molecule has 1 atom stereocenters. The summed E-state index contributed by atoms with van der Waals surface area (Å²) in [4.78, 5) is 11.6. The molecule has 30 heavy (non-hydrogen) atoms. The van der Waals surface area contributed by atoms with Crippen LogP contribution >= 0.6 is 7.82 Å². The topological polar surface area (TPSA) is 71.1 Å². The molecule has 0 aromatic carbocycles. The number of unbranched alkanes of at least 4 members (excludes halogenated alkanes) is 10. The second kappa shape index (κ2) is 19.0. The van der Waals surface area contributed by atoms with E-state index in [9.17, 15) is 9.36 Å². The third-order valence-corrected chi connectivity index (χ3v) is 6.08. The molecule has 0 aliphatic carbocycles. The van der Waals surface area contributed by atoms with Gasteiger partial charge < -0.3 is 4.74 Å². The second-order valence-electron chi connectivity index (χ2n) is 7.94. The molecular formula is C23H45O6P. The van der Waals surface area contributed by atoms with Crippen LogP contribution in [0, 0.1) is 0 Å². The van der Waals surface area contributed by atoms with Crippen molar-refractivity contribution in [2.24, 2.45) is 0 Å². The number of phosphoric ester groups is 1. The van der Waals surface area contributed by atoms with Gasteiger partial charge in [0.2, 0.25) is 0 Å². The zero-order chi connectivity index (χ0) is 22.7. The lowest BCUT2D eigenvalue weighted by molar-refractivity contribution is -0.145. The Morgan fingerprint density at radius 1 is 0.800 bits per heavy atom. The first-order valence-electron chi connectivity index (χ1n) is 11.7. The van der Waals surface area contributed by atoms with E-state index < -0.39 is 19.9 Å². The van der Waals surface area contributed by atoms with Gasteiger partial charge in [-0.3, -0.25) is 13.6 Å². The maximum Gasteiger partial charge on any atom is 0.474 e. The Hall–Kier alpha value is -0.680. The van der Waals surface area contributed by atoms with Crippen molar-refractivity contribution < 1.29 is 27.7 Å². The lowest BCUT2D eigenvalue weighted by Gasteiger charge is -2.20. The first-order chi connectivity index (χ1) is 14.3. The molecule has 7 heteroatoms. The highest BCUT2D eigenvalue weighted by atomic mass is 31.2. The molecule has 1 unspecified atom stereocenters. The third kappa shape index (κ3) is 17.0. The van der Waals surface area contributed by atoms with Gasteiger partial charge in [0.05, 0.1) is 19.8 Å². The molecule has 0 fully saturated rings. The first-order valence-corrected chi connectivity index (χ1v) is 13.2. The van der Waals surface area contributed by atoms with Gasteiger partial charge in [-0.05, 0) is 26.7 Å². The Kier molecular flexibility index (Phi) is 18.6. The summed E-state index contributed by atoms with van der Waals surface area (Å²) < 4.78 is 34.7.